The molecule has 1 aromatic rings. The number of alkyl halides is 3. The van der Waals surface area contributed by atoms with Gasteiger partial charge in [-0.3, -0.25) is 0 Å². The minimum absolute atomic E-state index is 0.0786. The smallest absolute Gasteiger partial charge is 0.381 e. The van der Waals surface area contributed by atoms with Crippen molar-refractivity contribution in [3.63, 3.8) is 0 Å². The normalized spacial score (nSPS) is 24.5. The quantitative estimate of drug-likeness (QED) is 0.779. The van der Waals surface area contributed by atoms with Gasteiger partial charge in [-0.2, -0.15) is 13.2 Å². The Kier molecular flexibility index (Phi) is 4.78. The Balaban J connectivity index is 2.08. The third-order valence-corrected chi connectivity index (χ3v) is 4.80. The monoisotopic (exact) mass is 319 g/mol. The summed E-state index contributed by atoms with van der Waals surface area (Å²) in [5, 5.41) is 3.25. The lowest BCUT2D eigenvalue weighted by molar-refractivity contribution is -0.0976. The Hall–Kier alpha value is -0.880. The average molecular weight is 319 g/mol. The summed E-state index contributed by atoms with van der Waals surface area (Å²) < 4.78 is 43.4. The van der Waals surface area contributed by atoms with Crippen molar-refractivity contribution in [2.24, 2.45) is 5.41 Å². The number of thioether (sulfide) groups is 1. The number of para-hydroxylation sites is 1. The fourth-order valence-electron chi connectivity index (χ4n) is 2.60. The highest BCUT2D eigenvalue weighted by Crippen LogP contribution is 2.46. The SMILES string of the molecule is CCOC1CC(Nc2ccccc2SC(F)(F)F)C1(C)C. The molecule has 6 heteroatoms. The molecular formula is C15H20F3NOS. The maximum Gasteiger partial charge on any atom is 0.446 e. The van der Waals surface area contributed by atoms with Gasteiger partial charge in [0.2, 0.25) is 0 Å². The summed E-state index contributed by atoms with van der Waals surface area (Å²) >= 11 is -0.0786. The van der Waals surface area contributed by atoms with Crippen LogP contribution in [0.1, 0.15) is 27.2 Å². The molecular weight excluding hydrogens is 299 g/mol. The summed E-state index contributed by atoms with van der Waals surface area (Å²) in [4.78, 5) is 0.209. The molecule has 1 saturated carbocycles. The molecule has 0 aliphatic heterocycles. The Bertz CT molecular complexity index is 490. The van der Waals surface area contributed by atoms with Gasteiger partial charge in [-0.15, -0.1) is 0 Å². The molecule has 0 spiro atoms. The summed E-state index contributed by atoms with van der Waals surface area (Å²) in [6.07, 6.45) is 0.966. The molecule has 1 N–H and O–H groups in total. The van der Waals surface area contributed by atoms with Crippen LogP contribution in [0.5, 0.6) is 0 Å². The molecule has 1 aliphatic rings. The molecule has 118 valence electrons. The van der Waals surface area contributed by atoms with Crippen molar-refractivity contribution in [3.05, 3.63) is 24.3 Å². The van der Waals surface area contributed by atoms with E-state index in [-0.39, 0.29) is 34.2 Å². The predicted molar refractivity (Wildman–Crippen MR) is 79.6 cm³/mol. The van der Waals surface area contributed by atoms with Gasteiger partial charge in [-0.25, -0.2) is 0 Å². The van der Waals surface area contributed by atoms with Crippen LogP contribution in [0.2, 0.25) is 0 Å². The molecule has 0 radical (unpaired) electrons. The largest absolute Gasteiger partial charge is 0.446 e. The van der Waals surface area contributed by atoms with E-state index in [1.807, 2.05) is 6.92 Å². The van der Waals surface area contributed by atoms with Gasteiger partial charge in [0.05, 0.1) is 6.10 Å². The molecule has 2 nitrogen and oxygen atoms in total. The van der Waals surface area contributed by atoms with Crippen LogP contribution in [0, 0.1) is 5.41 Å². The van der Waals surface area contributed by atoms with Gasteiger partial charge in [0.25, 0.3) is 0 Å². The number of halogens is 3. The van der Waals surface area contributed by atoms with E-state index in [0.717, 1.165) is 6.42 Å². The summed E-state index contributed by atoms with van der Waals surface area (Å²) in [6, 6.07) is 6.66. The Labute approximate surface area is 127 Å². The van der Waals surface area contributed by atoms with Gasteiger partial charge < -0.3 is 10.1 Å². The zero-order valence-electron chi connectivity index (χ0n) is 12.3. The van der Waals surface area contributed by atoms with E-state index < -0.39 is 5.51 Å². The van der Waals surface area contributed by atoms with Gasteiger partial charge in [0, 0.05) is 28.6 Å². The maximum atomic E-state index is 12.6. The van der Waals surface area contributed by atoms with Gasteiger partial charge in [0.1, 0.15) is 0 Å². The van der Waals surface area contributed by atoms with E-state index in [1.54, 1.807) is 18.2 Å². The minimum Gasteiger partial charge on any atom is -0.381 e. The Morgan fingerprint density at radius 2 is 2.00 bits per heavy atom. The number of benzene rings is 1. The molecule has 2 unspecified atom stereocenters. The number of nitrogens with one attached hydrogen (secondary N) is 1. The Morgan fingerprint density at radius 3 is 2.57 bits per heavy atom. The van der Waals surface area contributed by atoms with Gasteiger partial charge in [-0.05, 0) is 37.2 Å². The molecule has 2 atom stereocenters. The highest BCUT2D eigenvalue weighted by molar-refractivity contribution is 8.00. The van der Waals surface area contributed by atoms with Crippen LogP contribution in [0.15, 0.2) is 29.2 Å². The highest BCUT2D eigenvalue weighted by Gasteiger charge is 2.49. The molecule has 0 aromatic heterocycles. The molecule has 0 amide bonds. The lowest BCUT2D eigenvalue weighted by Crippen LogP contribution is -2.58. The first-order valence-electron chi connectivity index (χ1n) is 6.97. The first kappa shape index (κ1) is 16.5. The molecule has 2 rings (SSSR count). The fraction of sp³-hybridized carbons (Fsp3) is 0.600. The van der Waals surface area contributed by atoms with Crippen LogP contribution in [0.4, 0.5) is 18.9 Å². The van der Waals surface area contributed by atoms with Crippen LogP contribution in [0.25, 0.3) is 0 Å². The number of rotatable bonds is 5. The maximum absolute atomic E-state index is 12.6. The predicted octanol–water partition coefficient (Wildman–Crippen LogP) is 4.91. The number of hydrogen-bond acceptors (Lipinski definition) is 3. The van der Waals surface area contributed by atoms with E-state index in [9.17, 15) is 13.2 Å². The van der Waals surface area contributed by atoms with E-state index >= 15 is 0 Å². The zero-order valence-corrected chi connectivity index (χ0v) is 13.1. The molecule has 1 aliphatic carbocycles. The first-order chi connectivity index (χ1) is 9.74. The molecule has 1 fully saturated rings. The molecule has 0 saturated heterocycles. The van der Waals surface area contributed by atoms with Crippen molar-refractivity contribution < 1.29 is 17.9 Å². The minimum atomic E-state index is -4.28. The van der Waals surface area contributed by atoms with E-state index in [1.165, 1.54) is 6.07 Å². The van der Waals surface area contributed by atoms with E-state index in [0.29, 0.717) is 12.3 Å². The summed E-state index contributed by atoms with van der Waals surface area (Å²) in [5.74, 6) is 0. The molecule has 0 bridgehead atoms. The van der Waals surface area contributed by atoms with Gasteiger partial charge in [0.15, 0.2) is 0 Å². The molecule has 21 heavy (non-hydrogen) atoms. The van der Waals surface area contributed by atoms with Crippen molar-refractivity contribution in [1.82, 2.24) is 0 Å². The third-order valence-electron chi connectivity index (χ3n) is 3.99. The topological polar surface area (TPSA) is 21.3 Å². The van der Waals surface area contributed by atoms with Gasteiger partial charge >= 0.3 is 5.51 Å². The standard InChI is InChI=1S/C15H20F3NOS/c1-4-20-13-9-12(14(13,2)3)19-10-7-5-6-8-11(10)21-15(16,17)18/h5-8,12-13,19H,4,9H2,1-3H3. The van der Waals surface area contributed by atoms with Crippen molar-refractivity contribution in [3.8, 4) is 0 Å². The second kappa shape index (κ2) is 6.08. The summed E-state index contributed by atoms with van der Waals surface area (Å²) in [5.41, 5.74) is -3.83. The average Bonchev–Trinajstić information content (AvgIpc) is 2.38. The van der Waals surface area contributed by atoms with Crippen LogP contribution in [-0.4, -0.2) is 24.3 Å². The van der Waals surface area contributed by atoms with E-state index in [2.05, 4.69) is 19.2 Å². The lowest BCUT2D eigenvalue weighted by Gasteiger charge is -2.52. The van der Waals surface area contributed by atoms with E-state index in [4.69, 9.17) is 4.74 Å². The fourth-order valence-corrected chi connectivity index (χ4v) is 3.23. The number of hydrogen-bond donors (Lipinski definition) is 1. The number of ether oxygens (including phenoxy) is 1. The lowest BCUT2D eigenvalue weighted by atomic mass is 9.64. The zero-order chi connectivity index (χ0) is 15.7. The van der Waals surface area contributed by atoms with Crippen molar-refractivity contribution in [2.45, 2.75) is 49.7 Å². The van der Waals surface area contributed by atoms with Crippen LogP contribution >= 0.6 is 11.8 Å². The van der Waals surface area contributed by atoms with Gasteiger partial charge in [-0.1, -0.05) is 26.0 Å². The third kappa shape index (κ3) is 3.86. The van der Waals surface area contributed by atoms with Crippen LogP contribution in [0.3, 0.4) is 0 Å². The second-order valence-corrected chi connectivity index (χ2v) is 6.85. The summed E-state index contributed by atoms with van der Waals surface area (Å²) in [6.45, 7) is 6.76. The van der Waals surface area contributed by atoms with Crippen molar-refractivity contribution >= 4 is 17.4 Å². The van der Waals surface area contributed by atoms with Crippen LogP contribution < -0.4 is 5.32 Å². The van der Waals surface area contributed by atoms with Crippen LogP contribution in [-0.2, 0) is 4.74 Å². The summed E-state index contributed by atoms with van der Waals surface area (Å²) in [7, 11) is 0. The first-order valence-corrected chi connectivity index (χ1v) is 7.78. The second-order valence-electron chi connectivity index (χ2n) is 5.74. The molecule has 1 aromatic carbocycles. The highest BCUT2D eigenvalue weighted by atomic mass is 32.2. The number of anilines is 1. The van der Waals surface area contributed by atoms with Crippen molar-refractivity contribution in [1.29, 1.82) is 0 Å². The van der Waals surface area contributed by atoms with Crippen molar-refractivity contribution in [2.75, 3.05) is 11.9 Å². The molecule has 0 heterocycles. The Morgan fingerprint density at radius 1 is 1.33 bits per heavy atom.